The molecule has 2 rings (SSSR count). The lowest BCUT2D eigenvalue weighted by molar-refractivity contribution is 0.322. The minimum Gasteiger partial charge on any atom is -0.478 e. The lowest BCUT2D eigenvalue weighted by Gasteiger charge is -2.14. The van der Waals surface area contributed by atoms with Gasteiger partial charge < -0.3 is 15.4 Å². The molecule has 0 atom stereocenters. The first-order valence-corrected chi connectivity index (χ1v) is 8.07. The first kappa shape index (κ1) is 21.2. The number of ether oxygens (including phenoxy) is 1. The van der Waals surface area contributed by atoms with Crippen LogP contribution in [0.25, 0.3) is 0 Å². The number of nitrogens with one attached hydrogen (secondary N) is 2. The Labute approximate surface area is 166 Å². The summed E-state index contributed by atoms with van der Waals surface area (Å²) in [6.45, 7) is 7.90. The first-order chi connectivity index (χ1) is 11.6. The van der Waals surface area contributed by atoms with Gasteiger partial charge in [0.2, 0.25) is 5.88 Å². The number of aliphatic imine (C=N–C) groups is 1. The number of guanidine groups is 1. The van der Waals surface area contributed by atoms with E-state index in [1.165, 1.54) is 5.56 Å². The Kier molecular flexibility index (Phi) is 8.67. The third-order valence-corrected chi connectivity index (χ3v) is 3.89. The molecule has 8 heteroatoms. The number of aromatic nitrogens is 3. The Morgan fingerprint density at radius 3 is 2.60 bits per heavy atom. The minimum atomic E-state index is 0. The third-order valence-electron chi connectivity index (χ3n) is 3.89. The smallest absolute Gasteiger partial charge is 0.218 e. The number of pyridine rings is 1. The lowest BCUT2D eigenvalue weighted by atomic mass is 10.2. The number of halogens is 1. The average molecular weight is 458 g/mol. The molecule has 2 heterocycles. The van der Waals surface area contributed by atoms with Gasteiger partial charge in [-0.15, -0.1) is 24.0 Å². The second-order valence-electron chi connectivity index (χ2n) is 5.45. The zero-order valence-electron chi connectivity index (χ0n) is 15.5. The van der Waals surface area contributed by atoms with Crippen LogP contribution in [0, 0.1) is 13.8 Å². The second-order valence-corrected chi connectivity index (χ2v) is 5.45. The molecule has 25 heavy (non-hydrogen) atoms. The van der Waals surface area contributed by atoms with Gasteiger partial charge in [0.05, 0.1) is 12.3 Å². The highest BCUT2D eigenvalue weighted by Gasteiger charge is 2.10. The maximum absolute atomic E-state index is 5.54. The van der Waals surface area contributed by atoms with Gasteiger partial charge in [0.1, 0.15) is 0 Å². The van der Waals surface area contributed by atoms with Crippen molar-refractivity contribution in [2.24, 2.45) is 12.0 Å². The van der Waals surface area contributed by atoms with E-state index in [9.17, 15) is 0 Å². The summed E-state index contributed by atoms with van der Waals surface area (Å²) in [5.41, 5.74) is 4.37. The normalized spacial score (nSPS) is 11.0. The van der Waals surface area contributed by atoms with Crippen LogP contribution >= 0.6 is 24.0 Å². The molecule has 0 aliphatic rings. The number of nitrogens with zero attached hydrogens (tertiary/aromatic N) is 4. The van der Waals surface area contributed by atoms with E-state index in [2.05, 4.69) is 32.6 Å². The van der Waals surface area contributed by atoms with Gasteiger partial charge in [0, 0.05) is 50.2 Å². The molecule has 2 N–H and O–H groups in total. The molecule has 0 radical (unpaired) electrons. The van der Waals surface area contributed by atoms with Crippen LogP contribution in [0.5, 0.6) is 5.88 Å². The predicted molar refractivity (Wildman–Crippen MR) is 111 cm³/mol. The van der Waals surface area contributed by atoms with Crippen LogP contribution < -0.4 is 15.4 Å². The van der Waals surface area contributed by atoms with E-state index in [1.54, 1.807) is 13.2 Å². The molecule has 0 unspecified atom stereocenters. The molecule has 0 bridgehead atoms. The Morgan fingerprint density at radius 2 is 2.00 bits per heavy atom. The number of aryl methyl sites for hydroxylation is 2. The fraction of sp³-hybridized carbons (Fsp3) is 0.471. The highest BCUT2D eigenvalue weighted by molar-refractivity contribution is 14.0. The average Bonchev–Trinajstić information content (AvgIpc) is 2.82. The van der Waals surface area contributed by atoms with E-state index in [0.29, 0.717) is 25.6 Å². The monoisotopic (exact) mass is 458 g/mol. The maximum Gasteiger partial charge on any atom is 0.218 e. The summed E-state index contributed by atoms with van der Waals surface area (Å²) in [5.74, 6) is 1.38. The highest BCUT2D eigenvalue weighted by Crippen LogP contribution is 2.14. The van der Waals surface area contributed by atoms with Gasteiger partial charge in [0.15, 0.2) is 5.96 Å². The predicted octanol–water partition coefficient (Wildman–Crippen LogP) is 2.31. The summed E-state index contributed by atoms with van der Waals surface area (Å²) < 4.78 is 7.44. The van der Waals surface area contributed by atoms with Crippen LogP contribution in [-0.4, -0.2) is 34.4 Å². The lowest BCUT2D eigenvalue weighted by Crippen LogP contribution is -2.36. The second kappa shape index (κ2) is 10.2. The Bertz CT molecular complexity index is 713. The van der Waals surface area contributed by atoms with Gasteiger partial charge in [-0.25, -0.2) is 4.98 Å². The summed E-state index contributed by atoms with van der Waals surface area (Å²) in [6.07, 6.45) is 1.73. The molecule has 0 amide bonds. The van der Waals surface area contributed by atoms with Gasteiger partial charge >= 0.3 is 0 Å². The Hall–Kier alpha value is -1.84. The van der Waals surface area contributed by atoms with Crippen molar-refractivity contribution < 1.29 is 4.74 Å². The highest BCUT2D eigenvalue weighted by atomic mass is 127. The molecular weight excluding hydrogens is 431 g/mol. The summed E-state index contributed by atoms with van der Waals surface area (Å²) in [5, 5.41) is 11.1. The van der Waals surface area contributed by atoms with Crippen LogP contribution in [0.1, 0.15) is 29.4 Å². The summed E-state index contributed by atoms with van der Waals surface area (Å²) in [7, 11) is 3.71. The molecule has 138 valence electrons. The summed E-state index contributed by atoms with van der Waals surface area (Å²) in [4.78, 5) is 8.52. The van der Waals surface area contributed by atoms with Crippen molar-refractivity contribution in [2.45, 2.75) is 33.9 Å². The first-order valence-electron chi connectivity index (χ1n) is 8.07. The van der Waals surface area contributed by atoms with E-state index in [-0.39, 0.29) is 24.0 Å². The van der Waals surface area contributed by atoms with Gasteiger partial charge in [-0.1, -0.05) is 6.07 Å². The van der Waals surface area contributed by atoms with Crippen molar-refractivity contribution >= 4 is 29.9 Å². The molecular formula is C17H27IN6O. The topological polar surface area (TPSA) is 76.4 Å². The van der Waals surface area contributed by atoms with E-state index in [4.69, 9.17) is 4.74 Å². The van der Waals surface area contributed by atoms with Gasteiger partial charge in [-0.05, 0) is 26.8 Å². The molecule has 0 saturated heterocycles. The van der Waals surface area contributed by atoms with Crippen LogP contribution in [0.3, 0.4) is 0 Å². The Morgan fingerprint density at radius 1 is 1.28 bits per heavy atom. The molecule has 0 aliphatic carbocycles. The molecule has 2 aromatic heterocycles. The standard InChI is InChI=1S/C17H26N6O.HI/c1-6-24-16-14(8-7-9-19-16)10-20-17(18-4)21-11-15-12(2)22-23(5)13(15)3;/h7-9H,6,10-11H2,1-5H3,(H2,18,20,21);1H. The fourth-order valence-corrected chi connectivity index (χ4v) is 2.47. The van der Waals surface area contributed by atoms with Crippen LogP contribution in [0.15, 0.2) is 23.3 Å². The molecule has 7 nitrogen and oxygen atoms in total. The molecule has 2 aromatic rings. The third kappa shape index (κ3) is 5.58. The van der Waals surface area contributed by atoms with E-state index in [0.717, 1.165) is 22.9 Å². The molecule has 0 saturated carbocycles. The zero-order valence-corrected chi connectivity index (χ0v) is 17.8. The molecule has 0 aliphatic heterocycles. The fourth-order valence-electron chi connectivity index (χ4n) is 2.47. The number of rotatable bonds is 6. The van der Waals surface area contributed by atoms with Crippen molar-refractivity contribution in [3.63, 3.8) is 0 Å². The van der Waals surface area contributed by atoms with Crippen molar-refractivity contribution in [1.82, 2.24) is 25.4 Å². The minimum absolute atomic E-state index is 0. The van der Waals surface area contributed by atoms with Crippen molar-refractivity contribution in [3.8, 4) is 5.88 Å². The van der Waals surface area contributed by atoms with Gasteiger partial charge in [0.25, 0.3) is 0 Å². The van der Waals surface area contributed by atoms with E-state index >= 15 is 0 Å². The molecule has 0 spiro atoms. The molecule has 0 fully saturated rings. The Balaban J connectivity index is 0.00000312. The van der Waals surface area contributed by atoms with Crippen LogP contribution in [-0.2, 0) is 20.1 Å². The SMILES string of the molecule is CCOc1ncccc1CNC(=NC)NCc1c(C)nn(C)c1C.I. The van der Waals surface area contributed by atoms with E-state index < -0.39 is 0 Å². The largest absolute Gasteiger partial charge is 0.478 e. The quantitative estimate of drug-likeness (QED) is 0.395. The van der Waals surface area contributed by atoms with E-state index in [1.807, 2.05) is 37.7 Å². The van der Waals surface area contributed by atoms with Crippen LogP contribution in [0.2, 0.25) is 0 Å². The van der Waals surface area contributed by atoms with Crippen molar-refractivity contribution in [2.75, 3.05) is 13.7 Å². The van der Waals surface area contributed by atoms with Gasteiger partial charge in [-0.3, -0.25) is 9.67 Å². The molecule has 0 aromatic carbocycles. The number of hydrogen-bond acceptors (Lipinski definition) is 4. The van der Waals surface area contributed by atoms with Crippen molar-refractivity contribution in [1.29, 1.82) is 0 Å². The van der Waals surface area contributed by atoms with Crippen LogP contribution in [0.4, 0.5) is 0 Å². The zero-order chi connectivity index (χ0) is 17.5. The number of hydrogen-bond donors (Lipinski definition) is 2. The van der Waals surface area contributed by atoms with Crippen molar-refractivity contribution in [3.05, 3.63) is 40.8 Å². The summed E-state index contributed by atoms with van der Waals surface area (Å²) >= 11 is 0. The maximum atomic E-state index is 5.54. The van der Waals surface area contributed by atoms with Gasteiger partial charge in [-0.2, -0.15) is 5.10 Å². The summed E-state index contributed by atoms with van der Waals surface area (Å²) in [6, 6.07) is 3.89.